The van der Waals surface area contributed by atoms with Gasteiger partial charge in [0.15, 0.2) is 0 Å². The highest BCUT2D eigenvalue weighted by molar-refractivity contribution is 5.57. The largest absolute Gasteiger partial charge is 0.457 e. The summed E-state index contributed by atoms with van der Waals surface area (Å²) < 4.78 is 36.3. The Morgan fingerprint density at radius 2 is 0.875 bits per heavy atom. The monoisotopic (exact) mass is 858 g/mol. The van der Waals surface area contributed by atoms with E-state index in [2.05, 4.69) is 68.4 Å². The number of hydrogen-bond acceptors (Lipinski definition) is 10. The molecule has 6 aromatic carbocycles. The normalized spacial score (nSPS) is 20.9. The van der Waals surface area contributed by atoms with Gasteiger partial charge in [0.1, 0.15) is 23.0 Å². The second kappa shape index (κ2) is 17.0. The van der Waals surface area contributed by atoms with E-state index in [1.54, 1.807) is 0 Å². The molecule has 0 amide bonds. The van der Waals surface area contributed by atoms with Crippen molar-refractivity contribution in [2.24, 2.45) is 11.5 Å². The summed E-state index contributed by atoms with van der Waals surface area (Å²) in [5.74, 6) is 2.80. The maximum absolute atomic E-state index is 7.99. The fourth-order valence-corrected chi connectivity index (χ4v) is 9.63. The molecule has 0 aromatic heterocycles. The van der Waals surface area contributed by atoms with E-state index in [1.807, 2.05) is 78.9 Å². The van der Waals surface area contributed by atoms with Crippen LogP contribution in [0.15, 0.2) is 133 Å². The van der Waals surface area contributed by atoms with E-state index >= 15 is 0 Å². The molecule has 4 fully saturated rings. The summed E-state index contributed by atoms with van der Waals surface area (Å²) in [6, 6.07) is 44.3. The molecular weight excluding hydrogens is 801 g/mol. The van der Waals surface area contributed by atoms with Crippen LogP contribution < -0.4 is 32.4 Å². The Kier molecular flexibility index (Phi) is 11.2. The van der Waals surface area contributed by atoms with Crippen LogP contribution in [0.1, 0.15) is 64.8 Å². The molecule has 64 heavy (non-hydrogen) atoms. The summed E-state index contributed by atoms with van der Waals surface area (Å²) in [5, 5.41) is 0. The molecule has 6 aromatic rings. The second-order valence-electron chi connectivity index (χ2n) is 18.6. The molecule has 4 aliphatic rings. The van der Waals surface area contributed by atoms with Gasteiger partial charge in [0, 0.05) is 47.9 Å². The van der Waals surface area contributed by atoms with Gasteiger partial charge in [-0.25, -0.2) is 0 Å². The molecule has 0 saturated carbocycles. The van der Waals surface area contributed by atoms with E-state index in [4.69, 9.17) is 51.4 Å². The van der Waals surface area contributed by atoms with E-state index in [1.165, 1.54) is 22.3 Å². The lowest BCUT2D eigenvalue weighted by Gasteiger charge is -2.50. The minimum absolute atomic E-state index is 0.124. The summed E-state index contributed by atoms with van der Waals surface area (Å²) in [6.07, 6.45) is 4.30. The molecule has 10 nitrogen and oxygen atoms in total. The summed E-state index contributed by atoms with van der Waals surface area (Å²) in [5.41, 5.74) is 35.8. The molecule has 5 unspecified atom stereocenters. The molecule has 0 aliphatic carbocycles. The molecule has 4 saturated heterocycles. The van der Waals surface area contributed by atoms with Crippen molar-refractivity contribution in [2.45, 2.75) is 86.9 Å². The number of rotatable bonds is 19. The number of nitrogen functional groups attached to an aromatic ring is 2. The Balaban J connectivity index is 1.10. The van der Waals surface area contributed by atoms with Crippen molar-refractivity contribution in [3.8, 4) is 23.0 Å². The fourth-order valence-electron chi connectivity index (χ4n) is 9.63. The molecule has 330 valence electrons. The maximum atomic E-state index is 7.99. The van der Waals surface area contributed by atoms with Gasteiger partial charge in [-0.3, -0.25) is 0 Å². The Bertz CT molecular complexity index is 2480. The first-order chi connectivity index (χ1) is 30.9. The van der Waals surface area contributed by atoms with Gasteiger partial charge in [-0.1, -0.05) is 67.6 Å². The first-order valence-electron chi connectivity index (χ1n) is 22.5. The van der Waals surface area contributed by atoms with Crippen LogP contribution in [0.5, 0.6) is 23.0 Å². The topological polar surface area (TPSA) is 173 Å². The van der Waals surface area contributed by atoms with Gasteiger partial charge in [0.2, 0.25) is 0 Å². The number of anilines is 2. The zero-order chi connectivity index (χ0) is 44.1. The van der Waals surface area contributed by atoms with Crippen molar-refractivity contribution < 1.29 is 28.4 Å². The molecule has 0 radical (unpaired) electrons. The van der Waals surface area contributed by atoms with Crippen LogP contribution in [-0.4, -0.2) is 56.5 Å². The first kappa shape index (κ1) is 42.2. The molecular formula is C54H58N4O6. The Morgan fingerprint density at radius 1 is 0.484 bits per heavy atom. The Hall–Kier alpha value is -5.72. The first-order valence-corrected chi connectivity index (χ1v) is 22.5. The van der Waals surface area contributed by atoms with Crippen molar-refractivity contribution in [3.05, 3.63) is 178 Å². The van der Waals surface area contributed by atoms with Crippen LogP contribution in [0, 0.1) is 0 Å². The fraction of sp³-hybridized carbons (Fsp3) is 0.333. The Morgan fingerprint density at radius 3 is 1.31 bits per heavy atom. The van der Waals surface area contributed by atoms with Gasteiger partial charge in [-0.15, -0.1) is 0 Å². The third kappa shape index (κ3) is 9.13. The highest BCUT2D eigenvalue weighted by atomic mass is 16.6. The average molecular weight is 859 g/mol. The van der Waals surface area contributed by atoms with E-state index in [0.717, 1.165) is 74.4 Å². The van der Waals surface area contributed by atoms with Crippen molar-refractivity contribution in [1.29, 1.82) is 0 Å². The smallest absolute Gasteiger partial charge is 0.127 e. The van der Waals surface area contributed by atoms with Gasteiger partial charge >= 0.3 is 0 Å². The summed E-state index contributed by atoms with van der Waals surface area (Å²) in [7, 11) is 0. The van der Waals surface area contributed by atoms with Gasteiger partial charge in [0.25, 0.3) is 0 Å². The maximum Gasteiger partial charge on any atom is 0.127 e. The molecule has 0 bridgehead atoms. The minimum atomic E-state index is -1.34. The van der Waals surface area contributed by atoms with Crippen LogP contribution in [-0.2, 0) is 55.5 Å². The van der Waals surface area contributed by atoms with Gasteiger partial charge in [0.05, 0.1) is 56.5 Å². The molecule has 0 spiro atoms. The average Bonchev–Trinajstić information content (AvgIpc) is 4.04. The standard InChI is InChI=1S/C54H58N4O6/c1-52(35-8-16-40(17-9-35)63-42-20-12-38(55)13-21-42,36-10-18-41(19-11-36)64-43-22-14-39(56)15-23-43)33-54(57,58)53(2,37-6-4-3-5-7-37)51-25-34(24-44-29-59-44)48(26-45-30-60-45)49(27-46-31-61-46)50(51)28-47-32-62-47/h3-23,25,44-47H,24,26-33,55-58H2,1-2H3. The SMILES string of the molecule is CC(CC(N)(N)C(C)(c1ccccc1)c1cc(CC2CO2)c(CC2CO2)c(CC2CO2)c1CC1CO1)(c1ccc(Oc2ccc(N)cc2)cc1)c1ccc(Oc2ccc(N)cc2)cc1. The highest BCUT2D eigenvalue weighted by Gasteiger charge is 2.52. The minimum Gasteiger partial charge on any atom is -0.457 e. The Labute approximate surface area is 375 Å². The van der Waals surface area contributed by atoms with Gasteiger partial charge < -0.3 is 51.4 Å². The zero-order valence-corrected chi connectivity index (χ0v) is 36.6. The van der Waals surface area contributed by atoms with Crippen molar-refractivity contribution in [2.75, 3.05) is 37.9 Å². The third-order valence-electron chi connectivity index (χ3n) is 13.8. The highest BCUT2D eigenvalue weighted by Crippen LogP contribution is 2.50. The van der Waals surface area contributed by atoms with Crippen molar-refractivity contribution in [3.63, 3.8) is 0 Å². The third-order valence-corrected chi connectivity index (χ3v) is 13.8. The summed E-state index contributed by atoms with van der Waals surface area (Å²) >= 11 is 0. The summed E-state index contributed by atoms with van der Waals surface area (Å²) in [4.78, 5) is 0. The van der Waals surface area contributed by atoms with E-state index < -0.39 is 16.5 Å². The number of nitrogens with two attached hydrogens (primary N) is 4. The van der Waals surface area contributed by atoms with Crippen LogP contribution in [0.3, 0.4) is 0 Å². The molecule has 10 heteroatoms. The number of epoxide rings is 4. The lowest BCUT2D eigenvalue weighted by Crippen LogP contribution is -2.66. The zero-order valence-electron chi connectivity index (χ0n) is 36.6. The van der Waals surface area contributed by atoms with Crippen LogP contribution in [0.2, 0.25) is 0 Å². The van der Waals surface area contributed by atoms with Gasteiger partial charge in [-0.2, -0.15) is 0 Å². The number of benzene rings is 6. The predicted octanol–water partition coefficient (Wildman–Crippen LogP) is 8.52. The lowest BCUT2D eigenvalue weighted by molar-refractivity contribution is 0.225. The second-order valence-corrected chi connectivity index (χ2v) is 18.6. The molecule has 4 aliphatic heterocycles. The van der Waals surface area contributed by atoms with Crippen LogP contribution in [0.25, 0.3) is 0 Å². The number of hydrogen-bond donors (Lipinski definition) is 4. The number of ether oxygens (including phenoxy) is 6. The van der Waals surface area contributed by atoms with E-state index in [9.17, 15) is 0 Å². The predicted molar refractivity (Wildman–Crippen MR) is 250 cm³/mol. The molecule has 4 heterocycles. The van der Waals surface area contributed by atoms with E-state index in [-0.39, 0.29) is 24.4 Å². The van der Waals surface area contributed by atoms with E-state index in [0.29, 0.717) is 40.8 Å². The molecule has 10 rings (SSSR count). The molecule has 5 atom stereocenters. The molecule has 8 N–H and O–H groups in total. The van der Waals surface area contributed by atoms with Gasteiger partial charge in [-0.05, 0) is 131 Å². The lowest BCUT2D eigenvalue weighted by atomic mass is 9.58. The summed E-state index contributed by atoms with van der Waals surface area (Å²) in [6.45, 7) is 7.50. The van der Waals surface area contributed by atoms with Crippen LogP contribution >= 0.6 is 0 Å². The van der Waals surface area contributed by atoms with Crippen LogP contribution in [0.4, 0.5) is 11.4 Å². The van der Waals surface area contributed by atoms with Crippen molar-refractivity contribution >= 4 is 11.4 Å². The van der Waals surface area contributed by atoms with Crippen molar-refractivity contribution in [1.82, 2.24) is 0 Å². The quantitative estimate of drug-likeness (QED) is 0.0352.